The fourth-order valence-electron chi connectivity index (χ4n) is 1.64. The molecular weight excluding hydrogens is 175 g/mol. The Morgan fingerprint density at radius 1 is 1.77 bits per heavy atom. The van der Waals surface area contributed by atoms with Crippen LogP contribution in [0, 0.1) is 0 Å². The van der Waals surface area contributed by atoms with Gasteiger partial charge >= 0.3 is 5.97 Å². The largest absolute Gasteiger partial charge is 0.464 e. The highest BCUT2D eigenvalue weighted by atomic mass is 19.1. The molecule has 2 atom stereocenters. The van der Waals surface area contributed by atoms with Crippen molar-refractivity contribution >= 4 is 5.97 Å². The van der Waals surface area contributed by atoms with E-state index < -0.39 is 17.7 Å². The van der Waals surface area contributed by atoms with Gasteiger partial charge in [0.25, 0.3) is 0 Å². The Balaban J connectivity index is 2.57. The lowest BCUT2D eigenvalue weighted by Crippen LogP contribution is -2.42. The Bertz CT molecular complexity index is 195. The molecule has 1 N–H and O–H groups in total. The quantitative estimate of drug-likeness (QED) is 0.665. The van der Waals surface area contributed by atoms with Crippen LogP contribution in [0.3, 0.4) is 0 Å². The first-order valence-corrected chi connectivity index (χ1v) is 4.62. The lowest BCUT2D eigenvalue weighted by atomic mass is 9.85. The number of esters is 1. The molecule has 0 radical (unpaired) electrons. The van der Waals surface area contributed by atoms with Gasteiger partial charge in [0.05, 0.1) is 12.7 Å². The summed E-state index contributed by atoms with van der Waals surface area (Å²) in [5, 5.41) is 9.21. The number of ether oxygens (including phenoxy) is 1. The van der Waals surface area contributed by atoms with Gasteiger partial charge in [0, 0.05) is 6.42 Å². The molecule has 0 aromatic heterocycles. The highest BCUT2D eigenvalue weighted by molar-refractivity contribution is 5.79. The van der Waals surface area contributed by atoms with Gasteiger partial charge in [-0.2, -0.15) is 0 Å². The maximum absolute atomic E-state index is 13.8. The van der Waals surface area contributed by atoms with Gasteiger partial charge in [-0.15, -0.1) is 0 Å². The maximum atomic E-state index is 13.8. The van der Waals surface area contributed by atoms with E-state index in [0.29, 0.717) is 12.8 Å². The van der Waals surface area contributed by atoms with E-state index in [1.54, 1.807) is 6.92 Å². The Morgan fingerprint density at radius 2 is 2.46 bits per heavy atom. The number of halogens is 1. The molecule has 0 unspecified atom stereocenters. The van der Waals surface area contributed by atoms with Crippen LogP contribution in [-0.2, 0) is 9.53 Å². The first-order chi connectivity index (χ1) is 6.08. The van der Waals surface area contributed by atoms with E-state index in [9.17, 15) is 14.3 Å². The van der Waals surface area contributed by atoms with Crippen molar-refractivity contribution in [3.8, 4) is 0 Å². The van der Waals surface area contributed by atoms with Crippen molar-refractivity contribution in [2.45, 2.75) is 44.4 Å². The Hall–Kier alpha value is -0.640. The number of rotatable bonds is 2. The average Bonchev–Trinajstić information content (AvgIpc) is 2.04. The first-order valence-electron chi connectivity index (χ1n) is 4.62. The molecule has 1 rings (SSSR count). The predicted octanol–water partition coefficient (Wildman–Crippen LogP) is 1.19. The van der Waals surface area contributed by atoms with Crippen molar-refractivity contribution < 1.29 is 19.0 Å². The number of carbonyl (C=O) groups excluding carboxylic acids is 1. The molecule has 1 fully saturated rings. The highest BCUT2D eigenvalue weighted by Gasteiger charge is 2.44. The van der Waals surface area contributed by atoms with Crippen molar-refractivity contribution in [1.82, 2.24) is 0 Å². The van der Waals surface area contributed by atoms with Gasteiger partial charge in [-0.1, -0.05) is 0 Å². The van der Waals surface area contributed by atoms with Gasteiger partial charge in [0.2, 0.25) is 5.67 Å². The molecule has 1 saturated carbocycles. The molecule has 1 aliphatic rings. The minimum Gasteiger partial charge on any atom is -0.464 e. The third-order valence-corrected chi connectivity index (χ3v) is 2.31. The molecule has 0 amide bonds. The molecule has 4 heteroatoms. The second kappa shape index (κ2) is 4.05. The van der Waals surface area contributed by atoms with E-state index in [-0.39, 0.29) is 19.4 Å². The number of carbonyl (C=O) groups is 1. The van der Waals surface area contributed by atoms with Crippen molar-refractivity contribution in [3.63, 3.8) is 0 Å². The average molecular weight is 190 g/mol. The summed E-state index contributed by atoms with van der Waals surface area (Å²) >= 11 is 0. The fourth-order valence-corrected chi connectivity index (χ4v) is 1.64. The van der Waals surface area contributed by atoms with Crippen LogP contribution in [0.25, 0.3) is 0 Å². The zero-order valence-corrected chi connectivity index (χ0v) is 7.75. The van der Waals surface area contributed by atoms with Crippen molar-refractivity contribution in [2.24, 2.45) is 0 Å². The summed E-state index contributed by atoms with van der Waals surface area (Å²) in [6.07, 6.45) is 0.458. The summed E-state index contributed by atoms with van der Waals surface area (Å²) < 4.78 is 18.4. The number of hydrogen-bond acceptors (Lipinski definition) is 3. The maximum Gasteiger partial charge on any atom is 0.343 e. The van der Waals surface area contributed by atoms with Crippen LogP contribution in [0.5, 0.6) is 0 Å². The number of aliphatic hydroxyl groups excluding tert-OH is 1. The minimum atomic E-state index is -1.95. The minimum absolute atomic E-state index is 0.119. The smallest absolute Gasteiger partial charge is 0.343 e. The topological polar surface area (TPSA) is 46.5 Å². The van der Waals surface area contributed by atoms with E-state index in [1.165, 1.54) is 0 Å². The predicted molar refractivity (Wildman–Crippen MR) is 44.9 cm³/mol. The van der Waals surface area contributed by atoms with E-state index in [1.807, 2.05) is 0 Å². The Kier molecular flexibility index (Phi) is 3.25. The molecule has 76 valence electrons. The second-order valence-corrected chi connectivity index (χ2v) is 3.44. The van der Waals surface area contributed by atoms with Gasteiger partial charge in [-0.3, -0.25) is 0 Å². The highest BCUT2D eigenvalue weighted by Crippen LogP contribution is 2.33. The Labute approximate surface area is 76.9 Å². The molecule has 0 bridgehead atoms. The van der Waals surface area contributed by atoms with Crippen LogP contribution in [0.15, 0.2) is 0 Å². The van der Waals surface area contributed by atoms with Gasteiger partial charge in [0.1, 0.15) is 0 Å². The van der Waals surface area contributed by atoms with E-state index in [4.69, 9.17) is 0 Å². The number of aliphatic hydroxyl groups is 1. The van der Waals surface area contributed by atoms with Crippen LogP contribution in [0.4, 0.5) is 4.39 Å². The van der Waals surface area contributed by atoms with Gasteiger partial charge in [-0.25, -0.2) is 9.18 Å². The molecule has 13 heavy (non-hydrogen) atoms. The monoisotopic (exact) mass is 190 g/mol. The molecule has 0 saturated heterocycles. The second-order valence-electron chi connectivity index (χ2n) is 3.44. The van der Waals surface area contributed by atoms with Crippen LogP contribution in [0.1, 0.15) is 32.6 Å². The van der Waals surface area contributed by atoms with Crippen LogP contribution in [0.2, 0.25) is 0 Å². The summed E-state index contributed by atoms with van der Waals surface area (Å²) in [6, 6.07) is 0. The molecule has 3 nitrogen and oxygen atoms in total. The molecule has 1 aliphatic carbocycles. The molecule has 0 aromatic carbocycles. The van der Waals surface area contributed by atoms with Gasteiger partial charge in [0.15, 0.2) is 0 Å². The van der Waals surface area contributed by atoms with E-state index in [0.717, 1.165) is 0 Å². The third-order valence-electron chi connectivity index (χ3n) is 2.31. The van der Waals surface area contributed by atoms with E-state index >= 15 is 0 Å². The van der Waals surface area contributed by atoms with Crippen molar-refractivity contribution in [1.29, 1.82) is 0 Å². The molecule has 0 heterocycles. The summed E-state index contributed by atoms with van der Waals surface area (Å²) in [5.41, 5.74) is -1.95. The summed E-state index contributed by atoms with van der Waals surface area (Å²) in [5.74, 6) is -0.825. The van der Waals surface area contributed by atoms with Crippen molar-refractivity contribution in [3.05, 3.63) is 0 Å². The summed E-state index contributed by atoms with van der Waals surface area (Å²) in [4.78, 5) is 11.2. The zero-order valence-electron chi connectivity index (χ0n) is 7.75. The third kappa shape index (κ3) is 2.40. The summed E-state index contributed by atoms with van der Waals surface area (Å²) in [6.45, 7) is 1.82. The Morgan fingerprint density at radius 3 is 3.00 bits per heavy atom. The van der Waals surface area contributed by atoms with Crippen molar-refractivity contribution in [2.75, 3.05) is 6.61 Å². The standard InChI is InChI=1S/C9H15FO3/c1-2-13-8(12)9(10)5-3-4-7(11)6-9/h7,11H,2-6H2,1H3/t7-,9-/m0/s1. The van der Waals surface area contributed by atoms with Crippen LogP contribution < -0.4 is 0 Å². The van der Waals surface area contributed by atoms with Crippen LogP contribution in [-0.4, -0.2) is 29.5 Å². The number of hydrogen-bond donors (Lipinski definition) is 1. The zero-order chi connectivity index (χ0) is 9.90. The lowest BCUT2D eigenvalue weighted by molar-refractivity contribution is -0.162. The first kappa shape index (κ1) is 10.4. The van der Waals surface area contributed by atoms with E-state index in [2.05, 4.69) is 4.74 Å². The summed E-state index contributed by atoms with van der Waals surface area (Å²) in [7, 11) is 0. The molecule has 0 aromatic rings. The SMILES string of the molecule is CCOC(=O)[C@]1(F)CCC[C@H](O)C1. The fraction of sp³-hybridized carbons (Fsp3) is 0.889. The normalized spacial score (nSPS) is 34.2. The molecular formula is C9H15FO3. The van der Waals surface area contributed by atoms with Gasteiger partial charge in [-0.05, 0) is 26.2 Å². The van der Waals surface area contributed by atoms with Gasteiger partial charge < -0.3 is 9.84 Å². The molecule has 0 spiro atoms. The lowest BCUT2D eigenvalue weighted by Gasteiger charge is -2.29. The molecule has 0 aliphatic heterocycles. The van der Waals surface area contributed by atoms with Crippen LogP contribution >= 0.6 is 0 Å². The number of alkyl halides is 1.